The van der Waals surface area contributed by atoms with Gasteiger partial charge in [-0.1, -0.05) is 30.3 Å². The molecule has 3 heteroatoms. The van der Waals surface area contributed by atoms with Crippen molar-refractivity contribution in [1.82, 2.24) is 0 Å². The maximum absolute atomic E-state index is 6.20. The van der Waals surface area contributed by atoms with Gasteiger partial charge in [0.15, 0.2) is 5.22 Å². The van der Waals surface area contributed by atoms with Crippen LogP contribution in [-0.4, -0.2) is 0 Å². The fraction of sp³-hybridized carbons (Fsp3) is 0.176. The van der Waals surface area contributed by atoms with E-state index in [1.54, 1.807) is 0 Å². The Bertz CT molecular complexity index is 761. The lowest BCUT2D eigenvalue weighted by Gasteiger charge is -2.11. The van der Waals surface area contributed by atoms with Crippen molar-refractivity contribution >= 4 is 28.3 Å². The van der Waals surface area contributed by atoms with Crippen molar-refractivity contribution in [2.45, 2.75) is 20.4 Å². The van der Waals surface area contributed by atoms with Gasteiger partial charge >= 0.3 is 0 Å². The molecule has 0 spiro atoms. The van der Waals surface area contributed by atoms with Crippen LogP contribution in [0.1, 0.15) is 16.7 Å². The van der Waals surface area contributed by atoms with E-state index in [9.17, 15) is 0 Å². The smallest absolute Gasteiger partial charge is 0.199 e. The SMILES string of the molecule is Cc1cccc(NCc2c(Cl)oc3ccccc23)c1C. The highest BCUT2D eigenvalue weighted by Crippen LogP contribution is 2.30. The van der Waals surface area contributed by atoms with E-state index in [2.05, 4.69) is 37.4 Å². The number of furan rings is 1. The van der Waals surface area contributed by atoms with E-state index in [0.29, 0.717) is 11.8 Å². The minimum Gasteiger partial charge on any atom is -0.444 e. The van der Waals surface area contributed by atoms with Crippen LogP contribution in [0.25, 0.3) is 11.0 Å². The third-order valence-electron chi connectivity index (χ3n) is 3.71. The number of aryl methyl sites for hydroxylation is 1. The maximum atomic E-state index is 6.20. The summed E-state index contributed by atoms with van der Waals surface area (Å²) in [6.07, 6.45) is 0. The first kappa shape index (κ1) is 13.1. The molecule has 0 fully saturated rings. The highest BCUT2D eigenvalue weighted by Gasteiger charge is 2.12. The highest BCUT2D eigenvalue weighted by atomic mass is 35.5. The van der Waals surface area contributed by atoms with Crippen LogP contribution < -0.4 is 5.32 Å². The third kappa shape index (κ3) is 2.27. The molecule has 1 heterocycles. The molecule has 0 atom stereocenters. The van der Waals surface area contributed by atoms with Gasteiger partial charge in [-0.25, -0.2) is 0 Å². The molecular weight excluding hydrogens is 270 g/mol. The van der Waals surface area contributed by atoms with E-state index >= 15 is 0 Å². The standard InChI is InChI=1S/C17H16ClNO/c1-11-6-5-8-15(12(11)2)19-10-14-13-7-3-4-9-16(13)20-17(14)18/h3-9,19H,10H2,1-2H3. The van der Waals surface area contributed by atoms with Crippen molar-refractivity contribution in [3.63, 3.8) is 0 Å². The minimum absolute atomic E-state index is 0.462. The molecule has 1 aromatic heterocycles. The van der Waals surface area contributed by atoms with Gasteiger partial charge in [-0.3, -0.25) is 0 Å². The monoisotopic (exact) mass is 285 g/mol. The third-order valence-corrected chi connectivity index (χ3v) is 4.01. The Morgan fingerprint density at radius 3 is 2.70 bits per heavy atom. The van der Waals surface area contributed by atoms with Gasteiger partial charge in [0.25, 0.3) is 0 Å². The normalized spacial score (nSPS) is 10.9. The molecule has 0 radical (unpaired) electrons. The second-order valence-corrected chi connectivity index (χ2v) is 5.29. The van der Waals surface area contributed by atoms with E-state index in [1.807, 2.05) is 24.3 Å². The molecule has 3 rings (SSSR count). The Balaban J connectivity index is 1.90. The van der Waals surface area contributed by atoms with Gasteiger partial charge in [0.2, 0.25) is 0 Å². The lowest BCUT2D eigenvalue weighted by molar-refractivity contribution is 0.613. The summed E-state index contributed by atoms with van der Waals surface area (Å²) in [6.45, 7) is 4.88. The van der Waals surface area contributed by atoms with Crippen molar-refractivity contribution < 1.29 is 4.42 Å². The molecule has 3 aromatic rings. The summed E-state index contributed by atoms with van der Waals surface area (Å²) in [5.41, 5.74) is 5.50. The van der Waals surface area contributed by atoms with Crippen molar-refractivity contribution in [2.75, 3.05) is 5.32 Å². The van der Waals surface area contributed by atoms with Crippen LogP contribution in [0.2, 0.25) is 5.22 Å². The molecule has 2 nitrogen and oxygen atoms in total. The van der Waals surface area contributed by atoms with Crippen LogP contribution in [0, 0.1) is 13.8 Å². The second kappa shape index (κ2) is 5.22. The molecular formula is C17H16ClNO. The largest absolute Gasteiger partial charge is 0.444 e. The molecule has 0 aliphatic carbocycles. The Labute approximate surface area is 123 Å². The molecule has 20 heavy (non-hydrogen) atoms. The predicted octanol–water partition coefficient (Wildman–Crippen LogP) is 5.32. The summed E-state index contributed by atoms with van der Waals surface area (Å²) in [7, 11) is 0. The lowest BCUT2D eigenvalue weighted by Crippen LogP contribution is -2.01. The number of nitrogens with one attached hydrogen (secondary N) is 1. The van der Waals surface area contributed by atoms with Crippen molar-refractivity contribution in [2.24, 2.45) is 0 Å². The second-order valence-electron chi connectivity index (χ2n) is 4.95. The van der Waals surface area contributed by atoms with Gasteiger partial charge in [0.1, 0.15) is 5.58 Å². The molecule has 0 amide bonds. The van der Waals surface area contributed by atoms with Crippen molar-refractivity contribution in [3.8, 4) is 0 Å². The molecule has 0 saturated heterocycles. The minimum atomic E-state index is 0.462. The van der Waals surface area contributed by atoms with Gasteiger partial charge in [-0.05, 0) is 48.7 Å². The van der Waals surface area contributed by atoms with E-state index in [-0.39, 0.29) is 0 Å². The highest BCUT2D eigenvalue weighted by molar-refractivity contribution is 6.30. The number of hydrogen-bond acceptors (Lipinski definition) is 2. The van der Waals surface area contributed by atoms with E-state index in [0.717, 1.165) is 22.2 Å². The Morgan fingerprint density at radius 2 is 1.85 bits per heavy atom. The van der Waals surface area contributed by atoms with Crippen LogP contribution in [0.4, 0.5) is 5.69 Å². The van der Waals surface area contributed by atoms with Crippen LogP contribution >= 0.6 is 11.6 Å². The number of rotatable bonds is 3. The van der Waals surface area contributed by atoms with Gasteiger partial charge in [0.05, 0.1) is 0 Å². The van der Waals surface area contributed by atoms with Gasteiger partial charge in [-0.2, -0.15) is 0 Å². The Kier molecular flexibility index (Phi) is 3.41. The summed E-state index contributed by atoms with van der Waals surface area (Å²) in [6, 6.07) is 14.2. The molecule has 0 bridgehead atoms. The average molecular weight is 286 g/mol. The Hall–Kier alpha value is -1.93. The van der Waals surface area contributed by atoms with E-state index in [4.69, 9.17) is 16.0 Å². The van der Waals surface area contributed by atoms with Gasteiger partial charge in [0, 0.05) is 23.2 Å². The lowest BCUT2D eigenvalue weighted by atomic mass is 10.1. The molecule has 2 aromatic carbocycles. The zero-order valence-corrected chi connectivity index (χ0v) is 12.3. The molecule has 0 aliphatic heterocycles. The summed E-state index contributed by atoms with van der Waals surface area (Å²) < 4.78 is 5.57. The molecule has 102 valence electrons. The van der Waals surface area contributed by atoms with Crippen LogP contribution in [0.15, 0.2) is 46.9 Å². The van der Waals surface area contributed by atoms with Crippen molar-refractivity contribution in [3.05, 3.63) is 64.4 Å². The first-order chi connectivity index (χ1) is 9.66. The molecule has 0 aliphatic rings. The summed E-state index contributed by atoms with van der Waals surface area (Å²) >= 11 is 6.20. The molecule has 0 unspecified atom stereocenters. The van der Waals surface area contributed by atoms with Crippen molar-refractivity contribution in [1.29, 1.82) is 0 Å². The molecule has 0 saturated carbocycles. The zero-order valence-electron chi connectivity index (χ0n) is 11.5. The topological polar surface area (TPSA) is 25.2 Å². The summed E-state index contributed by atoms with van der Waals surface area (Å²) in [4.78, 5) is 0. The van der Waals surface area contributed by atoms with Crippen LogP contribution in [-0.2, 0) is 6.54 Å². The number of benzene rings is 2. The Morgan fingerprint density at radius 1 is 1.05 bits per heavy atom. The van der Waals surface area contributed by atoms with E-state index < -0.39 is 0 Å². The first-order valence-corrected chi connectivity index (χ1v) is 7.00. The number of para-hydroxylation sites is 1. The van der Waals surface area contributed by atoms with E-state index in [1.165, 1.54) is 11.1 Å². The summed E-state index contributed by atoms with van der Waals surface area (Å²) in [5.74, 6) is 0. The maximum Gasteiger partial charge on any atom is 0.199 e. The number of halogens is 1. The zero-order chi connectivity index (χ0) is 14.1. The quantitative estimate of drug-likeness (QED) is 0.705. The van der Waals surface area contributed by atoms with Crippen LogP contribution in [0.3, 0.4) is 0 Å². The number of fused-ring (bicyclic) bond motifs is 1. The number of hydrogen-bond donors (Lipinski definition) is 1. The first-order valence-electron chi connectivity index (χ1n) is 6.63. The average Bonchev–Trinajstić information content (AvgIpc) is 2.76. The fourth-order valence-corrected chi connectivity index (χ4v) is 2.61. The van der Waals surface area contributed by atoms with Crippen LogP contribution in [0.5, 0.6) is 0 Å². The van der Waals surface area contributed by atoms with Gasteiger partial charge < -0.3 is 9.73 Å². The number of anilines is 1. The summed E-state index contributed by atoms with van der Waals surface area (Å²) in [5, 5.41) is 4.97. The predicted molar refractivity (Wildman–Crippen MR) is 84.5 cm³/mol. The fourth-order valence-electron chi connectivity index (χ4n) is 2.36. The van der Waals surface area contributed by atoms with Gasteiger partial charge in [-0.15, -0.1) is 0 Å². The molecule has 1 N–H and O–H groups in total.